The maximum absolute atomic E-state index is 14.8. The van der Waals surface area contributed by atoms with Crippen LogP contribution in [0.15, 0.2) is 72.8 Å². The number of benzene rings is 3. The summed E-state index contributed by atoms with van der Waals surface area (Å²) in [4.78, 5) is 24.5. The fraction of sp³-hybridized carbons (Fsp3) is 0.323. The van der Waals surface area contributed by atoms with Gasteiger partial charge in [-0.2, -0.15) is 4.98 Å². The third-order valence-electron chi connectivity index (χ3n) is 7.38. The van der Waals surface area contributed by atoms with E-state index in [1.54, 1.807) is 6.07 Å². The molecule has 7 heteroatoms. The number of anilines is 2. The molecule has 1 aliphatic carbocycles. The van der Waals surface area contributed by atoms with Crippen LogP contribution in [0.5, 0.6) is 0 Å². The van der Waals surface area contributed by atoms with Crippen LogP contribution in [0.2, 0.25) is 0 Å². The van der Waals surface area contributed by atoms with Crippen molar-refractivity contribution in [2.45, 2.75) is 50.6 Å². The Morgan fingerprint density at radius 3 is 2.32 bits per heavy atom. The Morgan fingerprint density at radius 2 is 1.61 bits per heavy atom. The highest BCUT2D eigenvalue weighted by Gasteiger charge is 2.26. The minimum absolute atomic E-state index is 0.0678. The number of hydrogen-bond donors (Lipinski definition) is 2. The Labute approximate surface area is 223 Å². The van der Waals surface area contributed by atoms with Crippen molar-refractivity contribution < 1.29 is 9.18 Å². The van der Waals surface area contributed by atoms with E-state index in [9.17, 15) is 9.18 Å². The molecule has 0 bridgehead atoms. The van der Waals surface area contributed by atoms with Gasteiger partial charge in [0, 0.05) is 37.1 Å². The lowest BCUT2D eigenvalue weighted by Gasteiger charge is -2.30. The van der Waals surface area contributed by atoms with E-state index in [4.69, 9.17) is 9.97 Å². The molecule has 6 nitrogen and oxygen atoms in total. The first-order chi connectivity index (χ1) is 18.4. The third kappa shape index (κ3) is 5.62. The molecule has 38 heavy (non-hydrogen) atoms. The smallest absolute Gasteiger partial charge is 0.227 e. The van der Waals surface area contributed by atoms with Crippen molar-refractivity contribution >= 4 is 28.6 Å². The fourth-order valence-corrected chi connectivity index (χ4v) is 5.16. The topological polar surface area (TPSA) is 70.2 Å². The molecule has 196 valence electrons. The van der Waals surface area contributed by atoms with Crippen molar-refractivity contribution in [1.82, 2.24) is 15.3 Å². The van der Waals surface area contributed by atoms with Crippen LogP contribution in [-0.4, -0.2) is 42.1 Å². The summed E-state index contributed by atoms with van der Waals surface area (Å²) in [5.74, 6) is 0.714. The molecule has 4 aromatic rings. The maximum Gasteiger partial charge on any atom is 0.227 e. The van der Waals surface area contributed by atoms with Gasteiger partial charge in [-0.1, -0.05) is 54.6 Å². The van der Waals surface area contributed by atoms with E-state index in [1.165, 1.54) is 6.07 Å². The number of hydrogen-bond acceptors (Lipinski definition) is 5. The molecular weight excluding hydrogens is 477 g/mol. The van der Waals surface area contributed by atoms with Crippen LogP contribution in [0.1, 0.15) is 44.1 Å². The largest absolute Gasteiger partial charge is 0.362 e. The average molecular weight is 512 g/mol. The number of aromatic nitrogens is 2. The number of nitrogens with zero attached hydrogens (tertiary/aromatic N) is 3. The van der Waals surface area contributed by atoms with Crippen molar-refractivity contribution in [1.29, 1.82) is 0 Å². The van der Waals surface area contributed by atoms with E-state index >= 15 is 0 Å². The highest BCUT2D eigenvalue weighted by atomic mass is 19.1. The molecular formula is C31H34FN5O. The SMILES string of the molecule is C[C@H](C(=O)N[C@H]1CC[C@@H](Nc2nc(N(C)C)c3ccccc3n2)CC1)c1ccc(-c2ccccc2)c(F)c1. The molecule has 1 aliphatic rings. The summed E-state index contributed by atoms with van der Waals surface area (Å²) in [6, 6.07) is 22.9. The molecule has 1 atom stereocenters. The zero-order chi connectivity index (χ0) is 26.6. The molecule has 0 aliphatic heterocycles. The Morgan fingerprint density at radius 1 is 0.921 bits per heavy atom. The lowest BCUT2D eigenvalue weighted by molar-refractivity contribution is -0.123. The minimum Gasteiger partial charge on any atom is -0.362 e. The molecule has 1 fully saturated rings. The molecule has 1 heterocycles. The Hall–Kier alpha value is -4.00. The maximum atomic E-state index is 14.8. The fourth-order valence-electron chi connectivity index (χ4n) is 5.16. The molecule has 5 rings (SSSR count). The van der Waals surface area contributed by atoms with Crippen LogP contribution in [0.3, 0.4) is 0 Å². The Bertz CT molecular complexity index is 1420. The molecule has 2 N–H and O–H groups in total. The molecule has 0 radical (unpaired) electrons. The van der Waals surface area contributed by atoms with Gasteiger partial charge in [0.15, 0.2) is 0 Å². The summed E-state index contributed by atoms with van der Waals surface area (Å²) < 4.78 is 14.8. The highest BCUT2D eigenvalue weighted by Crippen LogP contribution is 2.28. The first kappa shape index (κ1) is 25.6. The number of fused-ring (bicyclic) bond motifs is 1. The van der Waals surface area contributed by atoms with Crippen molar-refractivity contribution in [2.24, 2.45) is 0 Å². The number of para-hydroxylation sites is 1. The number of nitrogens with one attached hydrogen (secondary N) is 2. The van der Waals surface area contributed by atoms with Crippen LogP contribution < -0.4 is 15.5 Å². The standard InChI is InChI=1S/C31H34FN5O/c1-20(22-13-18-25(27(32)19-22)21-9-5-4-6-10-21)30(38)33-23-14-16-24(17-15-23)34-31-35-28-12-8-7-11-26(28)29(36-31)37(2)3/h4-13,18-20,23-24H,14-17H2,1-3H3,(H,33,38)(H,34,35,36)/t20-,23-,24+/m0/s1. The third-order valence-corrected chi connectivity index (χ3v) is 7.38. The summed E-state index contributed by atoms with van der Waals surface area (Å²) in [5, 5.41) is 7.73. The molecule has 0 unspecified atom stereocenters. The van der Waals surface area contributed by atoms with Crippen molar-refractivity contribution in [3.63, 3.8) is 0 Å². The van der Waals surface area contributed by atoms with Gasteiger partial charge in [-0.05, 0) is 61.9 Å². The van der Waals surface area contributed by atoms with Gasteiger partial charge in [-0.3, -0.25) is 4.79 Å². The van der Waals surface area contributed by atoms with Crippen molar-refractivity contribution in [3.05, 3.63) is 84.2 Å². The van der Waals surface area contributed by atoms with Crippen LogP contribution in [0, 0.1) is 5.82 Å². The van der Waals surface area contributed by atoms with Gasteiger partial charge in [0.25, 0.3) is 0 Å². The average Bonchev–Trinajstić information content (AvgIpc) is 2.93. The van der Waals surface area contributed by atoms with Gasteiger partial charge in [0.1, 0.15) is 11.6 Å². The van der Waals surface area contributed by atoms with Gasteiger partial charge in [0.05, 0.1) is 11.4 Å². The summed E-state index contributed by atoms with van der Waals surface area (Å²) in [6.07, 6.45) is 3.55. The normalized spacial score (nSPS) is 18.1. The first-order valence-corrected chi connectivity index (χ1v) is 13.2. The monoisotopic (exact) mass is 511 g/mol. The molecule has 3 aromatic carbocycles. The lowest BCUT2D eigenvalue weighted by atomic mass is 9.90. The summed E-state index contributed by atoms with van der Waals surface area (Å²) in [5.41, 5.74) is 2.96. The van der Waals surface area contributed by atoms with E-state index in [2.05, 4.69) is 10.6 Å². The van der Waals surface area contributed by atoms with Crippen molar-refractivity contribution in [2.75, 3.05) is 24.3 Å². The van der Waals surface area contributed by atoms with Gasteiger partial charge < -0.3 is 15.5 Å². The Kier molecular flexibility index (Phi) is 7.54. The second-order valence-corrected chi connectivity index (χ2v) is 10.3. The van der Waals surface area contributed by atoms with Crippen LogP contribution >= 0.6 is 0 Å². The number of carbonyl (C=O) groups excluding carboxylic acids is 1. The molecule has 1 amide bonds. The van der Waals surface area contributed by atoms with E-state index in [-0.39, 0.29) is 23.8 Å². The van der Waals surface area contributed by atoms with E-state index in [1.807, 2.05) is 86.6 Å². The predicted octanol–water partition coefficient (Wildman–Crippen LogP) is 6.14. The molecule has 0 spiro atoms. The predicted molar refractivity (Wildman–Crippen MR) is 152 cm³/mol. The molecule has 1 aromatic heterocycles. The van der Waals surface area contributed by atoms with Crippen LogP contribution in [0.25, 0.3) is 22.0 Å². The van der Waals surface area contributed by atoms with E-state index in [0.717, 1.165) is 48.0 Å². The molecule has 1 saturated carbocycles. The van der Waals surface area contributed by atoms with Gasteiger partial charge in [-0.15, -0.1) is 0 Å². The summed E-state index contributed by atoms with van der Waals surface area (Å²) in [7, 11) is 3.97. The second kappa shape index (κ2) is 11.2. The first-order valence-electron chi connectivity index (χ1n) is 13.2. The van der Waals surface area contributed by atoms with Crippen LogP contribution in [0.4, 0.5) is 16.2 Å². The lowest BCUT2D eigenvalue weighted by Crippen LogP contribution is -2.41. The Balaban J connectivity index is 1.17. The van der Waals surface area contributed by atoms with E-state index < -0.39 is 5.92 Å². The number of rotatable bonds is 7. The van der Waals surface area contributed by atoms with Crippen molar-refractivity contribution in [3.8, 4) is 11.1 Å². The second-order valence-electron chi connectivity index (χ2n) is 10.3. The highest BCUT2D eigenvalue weighted by molar-refractivity contribution is 5.90. The van der Waals surface area contributed by atoms with Gasteiger partial charge in [-0.25, -0.2) is 9.37 Å². The quantitative estimate of drug-likeness (QED) is 0.312. The summed E-state index contributed by atoms with van der Waals surface area (Å²) in [6.45, 7) is 1.83. The number of carbonyl (C=O) groups is 1. The van der Waals surface area contributed by atoms with Gasteiger partial charge in [0.2, 0.25) is 11.9 Å². The van der Waals surface area contributed by atoms with Crippen LogP contribution in [-0.2, 0) is 4.79 Å². The zero-order valence-electron chi connectivity index (χ0n) is 22.1. The zero-order valence-corrected chi connectivity index (χ0v) is 22.1. The number of halogens is 1. The van der Waals surface area contributed by atoms with Gasteiger partial charge >= 0.3 is 0 Å². The molecule has 0 saturated heterocycles. The number of amides is 1. The minimum atomic E-state index is -0.430. The van der Waals surface area contributed by atoms with E-state index in [0.29, 0.717) is 17.1 Å². The summed E-state index contributed by atoms with van der Waals surface area (Å²) >= 11 is 0.